The van der Waals surface area contributed by atoms with E-state index in [2.05, 4.69) is 10.6 Å². The van der Waals surface area contributed by atoms with Crippen molar-refractivity contribution in [2.75, 3.05) is 12.4 Å². The number of rotatable bonds is 3. The summed E-state index contributed by atoms with van der Waals surface area (Å²) in [5.41, 5.74) is 4.08. The van der Waals surface area contributed by atoms with Gasteiger partial charge in [0.25, 0.3) is 11.8 Å². The molecule has 1 aliphatic rings. The topological polar surface area (TPSA) is 78.5 Å². The lowest BCUT2D eigenvalue weighted by atomic mass is 10.1. The number of urea groups is 1. The highest BCUT2D eigenvalue weighted by molar-refractivity contribution is 6.05. The second-order valence-corrected chi connectivity index (χ2v) is 6.15. The number of carbonyl (C=O) groups is 3. The molecule has 0 saturated carbocycles. The van der Waals surface area contributed by atoms with Crippen LogP contribution in [0.1, 0.15) is 33.1 Å². The lowest BCUT2D eigenvalue weighted by molar-refractivity contribution is -0.126. The Hall–Kier alpha value is -3.15. The van der Waals surface area contributed by atoms with E-state index in [1.54, 1.807) is 30.3 Å². The Labute approximate surface area is 145 Å². The van der Waals surface area contributed by atoms with Gasteiger partial charge in [-0.3, -0.25) is 14.5 Å². The van der Waals surface area contributed by atoms with Crippen LogP contribution in [0, 0.1) is 13.8 Å². The van der Waals surface area contributed by atoms with Crippen LogP contribution in [0.15, 0.2) is 42.5 Å². The van der Waals surface area contributed by atoms with Crippen molar-refractivity contribution in [2.45, 2.75) is 19.9 Å². The molecule has 1 fully saturated rings. The van der Waals surface area contributed by atoms with Crippen molar-refractivity contribution in [3.63, 3.8) is 0 Å². The molecule has 2 aromatic carbocycles. The Morgan fingerprint density at radius 2 is 1.72 bits per heavy atom. The minimum absolute atomic E-state index is 0.194. The Bertz CT molecular complexity index is 859. The molecule has 6 nitrogen and oxygen atoms in total. The maximum atomic E-state index is 12.3. The number of hydrogen-bond donors (Lipinski definition) is 2. The van der Waals surface area contributed by atoms with Crippen LogP contribution in [0.2, 0.25) is 0 Å². The number of anilines is 1. The van der Waals surface area contributed by atoms with Crippen LogP contribution in [-0.4, -0.2) is 29.8 Å². The Morgan fingerprint density at radius 3 is 2.28 bits per heavy atom. The van der Waals surface area contributed by atoms with Crippen LogP contribution in [0.3, 0.4) is 0 Å². The number of nitrogens with zero attached hydrogens (tertiary/aromatic N) is 1. The first-order valence-corrected chi connectivity index (χ1v) is 7.93. The summed E-state index contributed by atoms with van der Waals surface area (Å²) in [6.07, 6.45) is 0. The van der Waals surface area contributed by atoms with E-state index >= 15 is 0 Å². The van der Waals surface area contributed by atoms with E-state index in [1.165, 1.54) is 7.05 Å². The highest BCUT2D eigenvalue weighted by Gasteiger charge is 2.36. The SMILES string of the molecule is Cc1ccc(C(=O)Nc2ccc(C3NC(=O)N(C)C3=O)cc2)cc1C. The Morgan fingerprint density at radius 1 is 1.04 bits per heavy atom. The minimum atomic E-state index is -0.679. The fourth-order valence-corrected chi connectivity index (χ4v) is 2.65. The maximum Gasteiger partial charge on any atom is 0.324 e. The van der Waals surface area contributed by atoms with Gasteiger partial charge in [0.1, 0.15) is 6.04 Å². The zero-order chi connectivity index (χ0) is 18.1. The van der Waals surface area contributed by atoms with Crippen LogP contribution in [0.4, 0.5) is 10.5 Å². The lowest BCUT2D eigenvalue weighted by Crippen LogP contribution is -2.25. The minimum Gasteiger partial charge on any atom is -0.322 e. The molecule has 0 radical (unpaired) electrons. The lowest BCUT2D eigenvalue weighted by Gasteiger charge is -2.11. The summed E-state index contributed by atoms with van der Waals surface area (Å²) in [5.74, 6) is -0.488. The molecule has 0 spiro atoms. The van der Waals surface area contributed by atoms with Crippen LogP contribution in [0.25, 0.3) is 0 Å². The van der Waals surface area contributed by atoms with E-state index in [9.17, 15) is 14.4 Å². The molecule has 2 N–H and O–H groups in total. The van der Waals surface area contributed by atoms with E-state index in [0.29, 0.717) is 16.8 Å². The maximum absolute atomic E-state index is 12.3. The molecule has 1 aliphatic heterocycles. The van der Waals surface area contributed by atoms with E-state index in [0.717, 1.165) is 16.0 Å². The molecule has 2 aromatic rings. The largest absolute Gasteiger partial charge is 0.324 e. The van der Waals surface area contributed by atoms with Crippen LogP contribution >= 0.6 is 0 Å². The average Bonchev–Trinajstić information content (AvgIpc) is 2.85. The molecule has 1 heterocycles. The summed E-state index contributed by atoms with van der Waals surface area (Å²) < 4.78 is 0. The smallest absolute Gasteiger partial charge is 0.322 e. The number of hydrogen-bond acceptors (Lipinski definition) is 3. The third-order valence-electron chi connectivity index (χ3n) is 4.42. The van der Waals surface area contributed by atoms with Crippen molar-refractivity contribution in [1.82, 2.24) is 10.2 Å². The number of aryl methyl sites for hydroxylation is 2. The molecule has 3 rings (SSSR count). The van der Waals surface area contributed by atoms with E-state index in [-0.39, 0.29) is 11.8 Å². The molecule has 0 bridgehead atoms. The van der Waals surface area contributed by atoms with Crippen LogP contribution in [-0.2, 0) is 4.79 Å². The second kappa shape index (κ2) is 6.39. The molecular weight excluding hydrogens is 318 g/mol. The van der Waals surface area contributed by atoms with Crippen molar-refractivity contribution in [2.24, 2.45) is 0 Å². The quantitative estimate of drug-likeness (QED) is 0.845. The summed E-state index contributed by atoms with van der Waals surface area (Å²) in [5, 5.41) is 5.45. The van der Waals surface area contributed by atoms with Crippen LogP contribution in [0.5, 0.6) is 0 Å². The molecule has 4 amide bonds. The molecule has 25 heavy (non-hydrogen) atoms. The van der Waals surface area contributed by atoms with Crippen molar-refractivity contribution in [3.05, 3.63) is 64.7 Å². The van der Waals surface area contributed by atoms with Gasteiger partial charge in [-0.05, 0) is 54.8 Å². The highest BCUT2D eigenvalue weighted by Crippen LogP contribution is 2.22. The van der Waals surface area contributed by atoms with Gasteiger partial charge in [0.05, 0.1) is 0 Å². The Balaban J connectivity index is 1.72. The Kier molecular flexibility index (Phi) is 4.27. The average molecular weight is 337 g/mol. The van der Waals surface area contributed by atoms with Gasteiger partial charge >= 0.3 is 6.03 Å². The first-order chi connectivity index (χ1) is 11.9. The molecule has 0 aliphatic carbocycles. The van der Waals surface area contributed by atoms with Gasteiger partial charge in [-0.15, -0.1) is 0 Å². The molecule has 1 saturated heterocycles. The molecule has 1 unspecified atom stereocenters. The third kappa shape index (κ3) is 3.24. The van der Waals surface area contributed by atoms with Gasteiger partial charge < -0.3 is 10.6 Å². The summed E-state index contributed by atoms with van der Waals surface area (Å²) in [4.78, 5) is 36.9. The van der Waals surface area contributed by atoms with Crippen LogP contribution < -0.4 is 10.6 Å². The monoisotopic (exact) mass is 337 g/mol. The number of carbonyl (C=O) groups excluding carboxylic acids is 3. The number of nitrogens with one attached hydrogen (secondary N) is 2. The number of imide groups is 1. The van der Waals surface area contributed by atoms with Gasteiger partial charge in [0.15, 0.2) is 0 Å². The number of benzene rings is 2. The summed E-state index contributed by atoms with van der Waals surface area (Å²) >= 11 is 0. The van der Waals surface area contributed by atoms with Crippen molar-refractivity contribution < 1.29 is 14.4 Å². The summed E-state index contributed by atoms with van der Waals surface area (Å²) in [6, 6.07) is 11.3. The predicted octanol–water partition coefficient (Wildman–Crippen LogP) is 2.78. The van der Waals surface area contributed by atoms with E-state index < -0.39 is 12.1 Å². The number of amides is 4. The van der Waals surface area contributed by atoms with Gasteiger partial charge in [-0.1, -0.05) is 18.2 Å². The molecule has 128 valence electrons. The third-order valence-corrected chi connectivity index (χ3v) is 4.42. The molecule has 1 atom stereocenters. The second-order valence-electron chi connectivity index (χ2n) is 6.15. The van der Waals surface area contributed by atoms with Crippen molar-refractivity contribution in [3.8, 4) is 0 Å². The molecular formula is C19H19N3O3. The fraction of sp³-hybridized carbons (Fsp3) is 0.211. The summed E-state index contributed by atoms with van der Waals surface area (Å²) in [6.45, 7) is 3.96. The molecule has 0 aromatic heterocycles. The zero-order valence-electron chi connectivity index (χ0n) is 14.3. The van der Waals surface area contributed by atoms with Gasteiger partial charge in [-0.25, -0.2) is 4.79 Å². The predicted molar refractivity (Wildman–Crippen MR) is 94.4 cm³/mol. The first-order valence-electron chi connectivity index (χ1n) is 7.93. The zero-order valence-corrected chi connectivity index (χ0v) is 14.3. The van der Waals surface area contributed by atoms with Gasteiger partial charge in [0.2, 0.25) is 0 Å². The van der Waals surface area contributed by atoms with Crippen molar-refractivity contribution in [1.29, 1.82) is 0 Å². The summed E-state index contributed by atoms with van der Waals surface area (Å²) in [7, 11) is 1.44. The van der Waals surface area contributed by atoms with Gasteiger partial charge in [0, 0.05) is 18.3 Å². The highest BCUT2D eigenvalue weighted by atomic mass is 16.2. The van der Waals surface area contributed by atoms with E-state index in [1.807, 2.05) is 26.0 Å². The number of likely N-dealkylation sites (N-methyl/N-ethyl adjacent to an activating group) is 1. The van der Waals surface area contributed by atoms with Gasteiger partial charge in [-0.2, -0.15) is 0 Å². The van der Waals surface area contributed by atoms with Crippen molar-refractivity contribution >= 4 is 23.5 Å². The fourth-order valence-electron chi connectivity index (χ4n) is 2.65. The first kappa shape index (κ1) is 16.7. The standard InChI is InChI=1S/C19H19N3O3/c1-11-4-5-14(10-12(11)2)17(23)20-15-8-6-13(7-9-15)16-18(24)22(3)19(25)21-16/h4-10,16H,1-3H3,(H,20,23)(H,21,25). The normalized spacial score (nSPS) is 16.8. The molecule has 6 heteroatoms. The van der Waals surface area contributed by atoms with E-state index in [4.69, 9.17) is 0 Å².